The lowest BCUT2D eigenvalue weighted by Gasteiger charge is -2.26. The van der Waals surface area contributed by atoms with Gasteiger partial charge in [-0.3, -0.25) is 0 Å². The van der Waals surface area contributed by atoms with Crippen LogP contribution >= 0.6 is 0 Å². The lowest BCUT2D eigenvalue weighted by molar-refractivity contribution is -0.137. The summed E-state index contributed by atoms with van der Waals surface area (Å²) in [7, 11) is 0. The number of hydrogen-bond donors (Lipinski definition) is 2. The zero-order chi connectivity index (χ0) is 13.4. The SMILES string of the molecule is NCC(O)(Cc1cccc(C(F)(F)F)c1)C1CC1. The van der Waals surface area contributed by atoms with Gasteiger partial charge >= 0.3 is 6.18 Å². The predicted octanol–water partition coefficient (Wildman–Crippen LogP) is 2.35. The fraction of sp³-hybridized carbons (Fsp3) is 0.538. The summed E-state index contributed by atoms with van der Waals surface area (Å²) < 4.78 is 37.7. The molecule has 2 nitrogen and oxygen atoms in total. The molecule has 0 amide bonds. The molecule has 1 aliphatic rings. The Morgan fingerprint density at radius 1 is 1.28 bits per heavy atom. The molecule has 1 aromatic carbocycles. The normalized spacial score (nSPS) is 19.6. The molecule has 0 saturated heterocycles. The van der Waals surface area contributed by atoms with E-state index < -0.39 is 17.3 Å². The number of benzene rings is 1. The summed E-state index contributed by atoms with van der Waals surface area (Å²) in [4.78, 5) is 0. The van der Waals surface area contributed by atoms with E-state index in [1.165, 1.54) is 6.07 Å². The molecule has 3 N–H and O–H groups in total. The van der Waals surface area contributed by atoms with E-state index in [9.17, 15) is 18.3 Å². The van der Waals surface area contributed by atoms with Gasteiger partial charge in [0.2, 0.25) is 0 Å². The average molecular weight is 259 g/mol. The fourth-order valence-corrected chi connectivity index (χ4v) is 2.21. The highest BCUT2D eigenvalue weighted by molar-refractivity contribution is 5.27. The summed E-state index contributed by atoms with van der Waals surface area (Å²) in [6, 6.07) is 5.07. The van der Waals surface area contributed by atoms with E-state index in [-0.39, 0.29) is 18.9 Å². The molecule has 1 saturated carbocycles. The minimum atomic E-state index is -4.35. The number of halogens is 3. The van der Waals surface area contributed by atoms with Gasteiger partial charge in [0, 0.05) is 13.0 Å². The highest BCUT2D eigenvalue weighted by Crippen LogP contribution is 2.41. The van der Waals surface area contributed by atoms with Gasteiger partial charge in [0.05, 0.1) is 11.2 Å². The van der Waals surface area contributed by atoms with Crippen LogP contribution in [0.2, 0.25) is 0 Å². The molecule has 0 spiro atoms. The molecule has 0 radical (unpaired) electrons. The molecule has 1 aliphatic carbocycles. The van der Waals surface area contributed by atoms with E-state index in [0.717, 1.165) is 25.0 Å². The zero-order valence-electron chi connectivity index (χ0n) is 9.87. The van der Waals surface area contributed by atoms with Gasteiger partial charge in [0.1, 0.15) is 0 Å². The number of alkyl halides is 3. The molecule has 1 unspecified atom stereocenters. The summed E-state index contributed by atoms with van der Waals surface area (Å²) in [5, 5.41) is 10.3. The van der Waals surface area contributed by atoms with Gasteiger partial charge in [0.15, 0.2) is 0 Å². The minimum Gasteiger partial charge on any atom is -0.388 e. The van der Waals surface area contributed by atoms with Crippen molar-refractivity contribution in [3.05, 3.63) is 35.4 Å². The second-order valence-corrected chi connectivity index (χ2v) is 4.96. The maximum atomic E-state index is 12.6. The average Bonchev–Trinajstić information content (AvgIpc) is 3.12. The van der Waals surface area contributed by atoms with E-state index in [1.807, 2.05) is 0 Å². The Morgan fingerprint density at radius 2 is 1.94 bits per heavy atom. The minimum absolute atomic E-state index is 0.0773. The van der Waals surface area contributed by atoms with Crippen LogP contribution in [0.1, 0.15) is 24.0 Å². The maximum absolute atomic E-state index is 12.6. The van der Waals surface area contributed by atoms with Crippen LogP contribution in [0.4, 0.5) is 13.2 Å². The Kier molecular flexibility index (Phi) is 3.38. The molecule has 1 fully saturated rings. The van der Waals surface area contributed by atoms with Crippen LogP contribution in [-0.2, 0) is 12.6 Å². The molecule has 0 bridgehead atoms. The van der Waals surface area contributed by atoms with Gasteiger partial charge in [-0.1, -0.05) is 18.2 Å². The highest BCUT2D eigenvalue weighted by atomic mass is 19.4. The second kappa shape index (κ2) is 4.55. The molecule has 0 heterocycles. The van der Waals surface area contributed by atoms with Crippen molar-refractivity contribution in [2.24, 2.45) is 11.7 Å². The summed E-state index contributed by atoms with van der Waals surface area (Å²) >= 11 is 0. The molecule has 5 heteroatoms. The van der Waals surface area contributed by atoms with Gasteiger partial charge in [-0.2, -0.15) is 13.2 Å². The Labute approximate surface area is 104 Å². The molecule has 0 aliphatic heterocycles. The van der Waals surface area contributed by atoms with Gasteiger partial charge in [-0.05, 0) is 30.4 Å². The van der Waals surface area contributed by atoms with E-state index in [4.69, 9.17) is 5.73 Å². The molecule has 100 valence electrons. The molecular weight excluding hydrogens is 243 g/mol. The van der Waals surface area contributed by atoms with Crippen LogP contribution in [-0.4, -0.2) is 17.3 Å². The van der Waals surface area contributed by atoms with Crippen molar-refractivity contribution < 1.29 is 18.3 Å². The zero-order valence-corrected chi connectivity index (χ0v) is 9.87. The Bertz CT molecular complexity index is 428. The second-order valence-electron chi connectivity index (χ2n) is 4.96. The molecular formula is C13H16F3NO. The lowest BCUT2D eigenvalue weighted by Crippen LogP contribution is -2.42. The Balaban J connectivity index is 2.19. The van der Waals surface area contributed by atoms with Crippen LogP contribution in [0.15, 0.2) is 24.3 Å². The standard InChI is InChI=1S/C13H16F3NO/c14-13(15,16)11-3-1-2-9(6-11)7-12(18,8-17)10-4-5-10/h1-3,6,10,18H,4-5,7-8,17H2. The topological polar surface area (TPSA) is 46.2 Å². The lowest BCUT2D eigenvalue weighted by atomic mass is 9.89. The molecule has 0 aromatic heterocycles. The van der Waals surface area contributed by atoms with Crippen molar-refractivity contribution in [2.75, 3.05) is 6.54 Å². The smallest absolute Gasteiger partial charge is 0.388 e. The molecule has 2 rings (SSSR count). The van der Waals surface area contributed by atoms with Crippen LogP contribution in [0.3, 0.4) is 0 Å². The van der Waals surface area contributed by atoms with Gasteiger partial charge in [-0.15, -0.1) is 0 Å². The number of hydrogen-bond acceptors (Lipinski definition) is 2. The number of rotatable bonds is 4. The first-order valence-corrected chi connectivity index (χ1v) is 5.94. The van der Waals surface area contributed by atoms with Gasteiger partial charge < -0.3 is 10.8 Å². The Hall–Kier alpha value is -1.07. The van der Waals surface area contributed by atoms with Crippen molar-refractivity contribution in [1.29, 1.82) is 0 Å². The van der Waals surface area contributed by atoms with Crippen molar-refractivity contribution >= 4 is 0 Å². The van der Waals surface area contributed by atoms with Crippen molar-refractivity contribution in [2.45, 2.75) is 31.0 Å². The van der Waals surface area contributed by atoms with Crippen LogP contribution in [0.25, 0.3) is 0 Å². The van der Waals surface area contributed by atoms with Crippen LogP contribution in [0, 0.1) is 5.92 Å². The first-order chi connectivity index (χ1) is 8.35. The fourth-order valence-electron chi connectivity index (χ4n) is 2.21. The quantitative estimate of drug-likeness (QED) is 0.871. The molecule has 18 heavy (non-hydrogen) atoms. The Morgan fingerprint density at radius 3 is 2.44 bits per heavy atom. The van der Waals surface area contributed by atoms with Crippen molar-refractivity contribution in [3.63, 3.8) is 0 Å². The predicted molar refractivity (Wildman–Crippen MR) is 61.9 cm³/mol. The molecule has 1 aromatic rings. The highest BCUT2D eigenvalue weighted by Gasteiger charge is 2.42. The van der Waals surface area contributed by atoms with Gasteiger partial charge in [-0.25, -0.2) is 0 Å². The number of nitrogens with two attached hydrogens (primary N) is 1. The largest absolute Gasteiger partial charge is 0.416 e. The van der Waals surface area contributed by atoms with E-state index in [0.29, 0.717) is 5.56 Å². The maximum Gasteiger partial charge on any atom is 0.416 e. The van der Waals surface area contributed by atoms with E-state index in [1.54, 1.807) is 6.07 Å². The third-order valence-corrected chi connectivity index (χ3v) is 3.46. The van der Waals surface area contributed by atoms with Crippen LogP contribution in [0.5, 0.6) is 0 Å². The molecule has 1 atom stereocenters. The van der Waals surface area contributed by atoms with Crippen LogP contribution < -0.4 is 5.73 Å². The summed E-state index contributed by atoms with van der Waals surface area (Å²) in [6.45, 7) is 0.0773. The van der Waals surface area contributed by atoms with Gasteiger partial charge in [0.25, 0.3) is 0 Å². The summed E-state index contributed by atoms with van der Waals surface area (Å²) in [5.74, 6) is 0.122. The first-order valence-electron chi connectivity index (χ1n) is 5.94. The first kappa shape index (κ1) is 13.4. The van der Waals surface area contributed by atoms with E-state index in [2.05, 4.69) is 0 Å². The monoisotopic (exact) mass is 259 g/mol. The third kappa shape index (κ3) is 2.84. The summed E-state index contributed by atoms with van der Waals surface area (Å²) in [6.07, 6.45) is -2.38. The van der Waals surface area contributed by atoms with Crippen molar-refractivity contribution in [1.82, 2.24) is 0 Å². The van der Waals surface area contributed by atoms with Crippen molar-refractivity contribution in [3.8, 4) is 0 Å². The summed E-state index contributed by atoms with van der Waals surface area (Å²) in [5.41, 5.74) is 4.27. The third-order valence-electron chi connectivity index (χ3n) is 3.46. The number of aliphatic hydroxyl groups is 1. The van der Waals surface area contributed by atoms with E-state index >= 15 is 0 Å².